The van der Waals surface area contributed by atoms with Gasteiger partial charge < -0.3 is 46.0 Å². The van der Waals surface area contributed by atoms with Gasteiger partial charge in [-0.25, -0.2) is 0 Å². The molecule has 0 aliphatic heterocycles. The van der Waals surface area contributed by atoms with Crippen LogP contribution in [0, 0.1) is 83.7 Å². The van der Waals surface area contributed by atoms with Gasteiger partial charge in [0.15, 0.2) is 0 Å². The van der Waals surface area contributed by atoms with Crippen LogP contribution in [0.2, 0.25) is 0 Å². The minimum Gasteiger partial charge on any atom is -0.356 e. The van der Waals surface area contributed by atoms with E-state index in [0.29, 0.717) is 0 Å². The summed E-state index contributed by atoms with van der Waals surface area (Å²) in [6, 6.07) is 0. The first kappa shape index (κ1) is 22.6. The van der Waals surface area contributed by atoms with Gasteiger partial charge >= 0.3 is 37.7 Å². The average Bonchev–Trinajstić information content (AvgIpc) is 1.54. The average molecular weight is 352 g/mol. The van der Waals surface area contributed by atoms with Gasteiger partial charge in [-0.05, 0) is 0 Å². The first-order valence-electron chi connectivity index (χ1n) is 1.64. The van der Waals surface area contributed by atoms with Crippen molar-refractivity contribution in [3.05, 3.63) is 46.0 Å². The van der Waals surface area contributed by atoms with E-state index in [9.17, 15) is 0 Å². The Balaban J connectivity index is -0.0000000450. The van der Waals surface area contributed by atoms with Crippen LogP contribution in [0.3, 0.4) is 0 Å². The molecule has 0 aliphatic carbocycles. The van der Waals surface area contributed by atoms with Gasteiger partial charge in [-0.1, -0.05) is 0 Å². The monoisotopic (exact) mass is 352 g/mol. The van der Waals surface area contributed by atoms with Crippen molar-refractivity contribution in [1.29, 1.82) is 0 Å². The Morgan fingerprint density at radius 3 is 0.538 bits per heavy atom. The largest absolute Gasteiger partial charge is 3.00 e. The fraction of sp³-hybridized carbons (Fsp3) is 0. The molecule has 0 saturated carbocycles. The van der Waals surface area contributed by atoms with E-state index in [1.807, 2.05) is 0 Å². The van der Waals surface area contributed by atoms with Crippen LogP contribution in [-0.4, -0.2) is 15.3 Å². The van der Waals surface area contributed by atoms with E-state index in [1.54, 1.807) is 0 Å². The maximum atomic E-state index is 8.25. The van der Waals surface area contributed by atoms with Gasteiger partial charge in [0, 0.05) is 0 Å². The van der Waals surface area contributed by atoms with Crippen LogP contribution in [0.15, 0.2) is 0 Å². The molecule has 0 aromatic rings. The van der Waals surface area contributed by atoms with Crippen LogP contribution in [0.25, 0.3) is 0 Å². The maximum Gasteiger partial charge on any atom is 3.00 e. The smallest absolute Gasteiger partial charge is 0.356 e. The van der Waals surface area contributed by atoms with Crippen LogP contribution < -0.4 is 0 Å². The predicted molar refractivity (Wildman–Crippen MR) is 31.1 cm³/mol. The number of rotatable bonds is 0. The molecule has 0 aliphatic rings. The topological polar surface area (TPSA) is 199 Å². The quantitative estimate of drug-likeness (QED) is 0.306. The van der Waals surface area contributed by atoms with Gasteiger partial charge in [-0.15, -0.1) is 0 Å². The molecule has 0 aromatic heterocycles. The van der Waals surface area contributed by atoms with Crippen molar-refractivity contribution in [2.75, 3.05) is 0 Å². The summed E-state index contributed by atoms with van der Waals surface area (Å²) in [5.41, 5.74) is 0. The Morgan fingerprint density at radius 2 is 0.538 bits per heavy atom. The molecule has 0 bridgehead atoms. The second kappa shape index (κ2) is 17.1. The van der Waals surface area contributed by atoms with Crippen molar-refractivity contribution in [3.63, 3.8) is 0 Å². The van der Waals surface area contributed by atoms with Gasteiger partial charge in [0.1, 0.15) is 0 Å². The van der Waals surface area contributed by atoms with Gasteiger partial charge in [-0.3, -0.25) is 0 Å². The molecular weight excluding hydrogens is 352 g/mol. The fourth-order valence-electron chi connectivity index (χ4n) is 0. The number of hydrogen-bond donors (Lipinski definition) is 0. The standard InChI is InChI=1S/Ho.3NO3/c;3*2-1(3)4/q+3;3*-1/i1+1;;;. The van der Waals surface area contributed by atoms with Crippen molar-refractivity contribution in [3.8, 4) is 0 Å². The Hall–Kier alpha value is -1.14. The summed E-state index contributed by atoms with van der Waals surface area (Å²) in [5, 5.41) is 44.2. The van der Waals surface area contributed by atoms with Crippen molar-refractivity contribution < 1.29 is 53.0 Å². The number of nitrogens with zero attached hydrogens (tertiary/aromatic N) is 3. The van der Waals surface area contributed by atoms with E-state index >= 15 is 0 Å². The molecule has 13 heavy (non-hydrogen) atoms. The molecule has 0 N–H and O–H groups in total. The first-order valence-corrected chi connectivity index (χ1v) is 1.64. The third kappa shape index (κ3) is 656. The zero-order valence-corrected chi connectivity index (χ0v) is 7.25. The SMILES string of the molecule is O=[N+]([O-])[O-].O=[N+]([O-])[O-].O=[N+]([O-])[O-].[166Ho+3]. The van der Waals surface area contributed by atoms with Crippen molar-refractivity contribution in [1.82, 2.24) is 0 Å². The molecule has 80 valence electrons. The van der Waals surface area contributed by atoms with Crippen LogP contribution in [0.4, 0.5) is 0 Å². The summed E-state index contributed by atoms with van der Waals surface area (Å²) in [6.07, 6.45) is 0. The van der Waals surface area contributed by atoms with Crippen LogP contribution in [0.1, 0.15) is 0 Å². The summed E-state index contributed by atoms with van der Waals surface area (Å²) in [4.78, 5) is 24.8. The minimum atomic E-state index is -1.75. The molecule has 0 rings (SSSR count). The van der Waals surface area contributed by atoms with E-state index in [-0.39, 0.29) is 37.7 Å². The van der Waals surface area contributed by atoms with Crippen LogP contribution >= 0.6 is 0 Å². The molecule has 0 unspecified atom stereocenters. The summed E-state index contributed by atoms with van der Waals surface area (Å²) in [6.45, 7) is 0. The number of hydrogen-bond acceptors (Lipinski definition) is 9. The van der Waals surface area contributed by atoms with E-state index in [2.05, 4.69) is 0 Å². The molecule has 0 heterocycles. The molecule has 0 radical (unpaired) electrons. The molecule has 0 fully saturated rings. The normalized spacial score (nSPS) is 5.54. The van der Waals surface area contributed by atoms with E-state index in [4.69, 9.17) is 46.0 Å². The van der Waals surface area contributed by atoms with Crippen molar-refractivity contribution in [2.24, 2.45) is 0 Å². The molecule has 0 aromatic carbocycles. The van der Waals surface area contributed by atoms with E-state index in [1.165, 1.54) is 0 Å². The minimum absolute atomic E-state index is 0. The molecule has 13 heteroatoms. The van der Waals surface area contributed by atoms with E-state index < -0.39 is 15.3 Å². The second-order valence-electron chi connectivity index (χ2n) is 0.671. The zero-order chi connectivity index (χ0) is 10.7. The summed E-state index contributed by atoms with van der Waals surface area (Å²) < 4.78 is 0. The Bertz CT molecular complexity index is 112. The Morgan fingerprint density at radius 1 is 0.538 bits per heavy atom. The second-order valence-corrected chi connectivity index (χ2v) is 0.671. The van der Waals surface area contributed by atoms with Crippen LogP contribution in [-0.2, 0) is 0 Å². The summed E-state index contributed by atoms with van der Waals surface area (Å²) in [5.74, 6) is 0. The molecular formula is HoN3O9. The van der Waals surface area contributed by atoms with Gasteiger partial charge in [0.25, 0.3) is 0 Å². The summed E-state index contributed by atoms with van der Waals surface area (Å²) >= 11 is 0. The maximum absolute atomic E-state index is 8.25. The Kier molecular flexibility index (Phi) is 29.8. The fourth-order valence-corrected chi connectivity index (χ4v) is 0. The first-order chi connectivity index (χ1) is 5.20. The van der Waals surface area contributed by atoms with Gasteiger partial charge in [-0.2, -0.15) is 0 Å². The van der Waals surface area contributed by atoms with Gasteiger partial charge in [0.05, 0.1) is 15.3 Å². The third-order valence-electron chi connectivity index (χ3n) is 0. The summed E-state index contributed by atoms with van der Waals surface area (Å²) in [7, 11) is 0. The molecule has 0 atom stereocenters. The molecule has 0 saturated heterocycles. The van der Waals surface area contributed by atoms with Gasteiger partial charge in [0.2, 0.25) is 0 Å². The van der Waals surface area contributed by atoms with Crippen molar-refractivity contribution in [2.45, 2.75) is 0 Å². The zero-order valence-electron chi connectivity index (χ0n) is 5.32. The molecule has 0 spiro atoms. The Labute approximate surface area is 98.7 Å². The van der Waals surface area contributed by atoms with Crippen LogP contribution in [0.5, 0.6) is 0 Å². The molecule has 0 amide bonds. The molecule has 12 nitrogen and oxygen atoms in total. The predicted octanol–water partition coefficient (Wildman–Crippen LogP) is -0.717. The third-order valence-corrected chi connectivity index (χ3v) is 0. The van der Waals surface area contributed by atoms with E-state index in [0.717, 1.165) is 0 Å². The van der Waals surface area contributed by atoms with Crippen molar-refractivity contribution >= 4 is 0 Å².